The zero-order chi connectivity index (χ0) is 15.0. The molecule has 0 saturated carbocycles. The van der Waals surface area contributed by atoms with Crippen LogP contribution in [0, 0.1) is 5.82 Å². The Balaban J connectivity index is 2.16. The van der Waals surface area contributed by atoms with Gasteiger partial charge in [-0.2, -0.15) is 0 Å². The largest absolute Gasteiger partial charge is 0.497 e. The second-order valence-electron chi connectivity index (χ2n) is 4.44. The fourth-order valence-corrected chi connectivity index (χ4v) is 2.46. The van der Waals surface area contributed by atoms with E-state index in [1.54, 1.807) is 26.4 Å². The van der Waals surface area contributed by atoms with Gasteiger partial charge in [0.25, 0.3) is 0 Å². The van der Waals surface area contributed by atoms with Crippen molar-refractivity contribution in [3.8, 4) is 22.9 Å². The second kappa shape index (κ2) is 5.37. The maximum absolute atomic E-state index is 13.6. The molecule has 0 radical (unpaired) electrons. The molecule has 1 N–H and O–H groups in total. The summed E-state index contributed by atoms with van der Waals surface area (Å²) in [5.74, 6) is 1.61. The number of benzene rings is 2. The molecule has 0 aliphatic carbocycles. The minimum Gasteiger partial charge on any atom is -0.497 e. The highest BCUT2D eigenvalue weighted by Gasteiger charge is 2.13. The maximum Gasteiger partial charge on any atom is 0.142 e. The highest BCUT2D eigenvalue weighted by molar-refractivity contribution is 9.10. The number of rotatable bonds is 3. The van der Waals surface area contributed by atoms with Gasteiger partial charge < -0.3 is 14.5 Å². The first kappa shape index (κ1) is 13.9. The summed E-state index contributed by atoms with van der Waals surface area (Å²) >= 11 is 3.16. The molecule has 0 aliphatic rings. The lowest BCUT2D eigenvalue weighted by Crippen LogP contribution is -1.91. The van der Waals surface area contributed by atoms with Crippen LogP contribution in [0.2, 0.25) is 0 Å². The Morgan fingerprint density at radius 3 is 2.67 bits per heavy atom. The fraction of sp³-hybridized carbons (Fsp3) is 0.133. The Morgan fingerprint density at radius 1 is 1.14 bits per heavy atom. The first-order valence-corrected chi connectivity index (χ1v) is 6.99. The van der Waals surface area contributed by atoms with E-state index in [1.165, 1.54) is 6.07 Å². The predicted octanol–water partition coefficient (Wildman–Crippen LogP) is 4.15. The number of nitrogens with one attached hydrogen (secondary N) is 1. The average Bonchev–Trinajstić information content (AvgIpc) is 2.89. The zero-order valence-corrected chi connectivity index (χ0v) is 13.0. The van der Waals surface area contributed by atoms with Gasteiger partial charge in [0, 0.05) is 12.1 Å². The summed E-state index contributed by atoms with van der Waals surface area (Å²) in [4.78, 5) is 7.58. The van der Waals surface area contributed by atoms with Crippen molar-refractivity contribution in [1.82, 2.24) is 9.97 Å². The van der Waals surface area contributed by atoms with E-state index < -0.39 is 0 Å². The fourth-order valence-electron chi connectivity index (χ4n) is 2.13. The normalized spacial score (nSPS) is 10.9. The van der Waals surface area contributed by atoms with Crippen molar-refractivity contribution in [1.29, 1.82) is 0 Å². The minimum absolute atomic E-state index is 0.334. The van der Waals surface area contributed by atoms with Gasteiger partial charge in [0.1, 0.15) is 23.1 Å². The summed E-state index contributed by atoms with van der Waals surface area (Å²) in [6.07, 6.45) is 0. The van der Waals surface area contributed by atoms with E-state index in [9.17, 15) is 4.39 Å². The third-order valence-electron chi connectivity index (χ3n) is 3.19. The monoisotopic (exact) mass is 350 g/mol. The molecular formula is C15H12BrFN2O2. The third-order valence-corrected chi connectivity index (χ3v) is 3.80. The van der Waals surface area contributed by atoms with Crippen molar-refractivity contribution in [2.24, 2.45) is 0 Å². The average molecular weight is 351 g/mol. The van der Waals surface area contributed by atoms with Crippen molar-refractivity contribution in [2.75, 3.05) is 14.2 Å². The van der Waals surface area contributed by atoms with E-state index in [-0.39, 0.29) is 5.82 Å². The molecule has 0 spiro atoms. The Hall–Kier alpha value is -2.08. The number of methoxy groups -OCH3 is 2. The lowest BCUT2D eigenvalue weighted by atomic mass is 10.2. The second-order valence-corrected chi connectivity index (χ2v) is 5.29. The minimum atomic E-state index is -0.334. The van der Waals surface area contributed by atoms with Crippen LogP contribution in [-0.2, 0) is 0 Å². The van der Waals surface area contributed by atoms with Crippen LogP contribution in [0.15, 0.2) is 34.8 Å². The topological polar surface area (TPSA) is 47.1 Å². The van der Waals surface area contributed by atoms with Crippen LogP contribution in [-0.4, -0.2) is 24.2 Å². The molecule has 0 saturated heterocycles. The van der Waals surface area contributed by atoms with Crippen LogP contribution in [0.1, 0.15) is 0 Å². The summed E-state index contributed by atoms with van der Waals surface area (Å²) in [7, 11) is 3.17. The molecule has 1 aromatic heterocycles. The summed E-state index contributed by atoms with van der Waals surface area (Å²) in [6.45, 7) is 0. The molecular weight excluding hydrogens is 339 g/mol. The number of H-pyrrole nitrogens is 1. The number of imidazole rings is 1. The first-order valence-electron chi connectivity index (χ1n) is 6.19. The Morgan fingerprint density at radius 2 is 1.95 bits per heavy atom. The molecule has 1 heterocycles. The van der Waals surface area contributed by atoms with Crippen LogP contribution in [0.5, 0.6) is 11.5 Å². The first-order chi connectivity index (χ1) is 10.1. The molecule has 0 atom stereocenters. The van der Waals surface area contributed by atoms with Gasteiger partial charge in [-0.25, -0.2) is 9.37 Å². The van der Waals surface area contributed by atoms with Crippen LogP contribution < -0.4 is 9.47 Å². The summed E-state index contributed by atoms with van der Waals surface area (Å²) in [6, 6.07) is 8.49. The molecule has 3 aromatic rings. The lowest BCUT2D eigenvalue weighted by molar-refractivity contribution is 0.395. The van der Waals surface area contributed by atoms with Gasteiger partial charge >= 0.3 is 0 Å². The summed E-state index contributed by atoms with van der Waals surface area (Å²) in [5, 5.41) is 0. The number of hydrogen-bond donors (Lipinski definition) is 1. The molecule has 4 nitrogen and oxygen atoms in total. The SMILES string of the molecule is COc1ccc(-c2nc3cc(Br)c(F)cc3[nH]2)c(OC)c1. The molecule has 2 aromatic carbocycles. The smallest absolute Gasteiger partial charge is 0.142 e. The highest BCUT2D eigenvalue weighted by atomic mass is 79.9. The standard InChI is InChI=1S/C15H12BrFN2O2/c1-20-8-3-4-9(14(5-8)21-2)15-18-12-6-10(16)11(17)7-13(12)19-15/h3-7H,1-2H3,(H,18,19). The molecule has 0 amide bonds. The third kappa shape index (κ3) is 2.47. The summed E-state index contributed by atoms with van der Waals surface area (Å²) in [5.41, 5.74) is 2.09. The number of aromatic amines is 1. The van der Waals surface area contributed by atoms with E-state index in [0.29, 0.717) is 32.8 Å². The summed E-state index contributed by atoms with van der Waals surface area (Å²) < 4.78 is 24.5. The Labute approximate surface area is 129 Å². The number of nitrogens with zero attached hydrogens (tertiary/aromatic N) is 1. The van der Waals surface area contributed by atoms with Crippen molar-refractivity contribution in [3.05, 3.63) is 40.6 Å². The van der Waals surface area contributed by atoms with E-state index >= 15 is 0 Å². The van der Waals surface area contributed by atoms with Crippen molar-refractivity contribution < 1.29 is 13.9 Å². The maximum atomic E-state index is 13.6. The van der Waals surface area contributed by atoms with E-state index in [0.717, 1.165) is 5.56 Å². The molecule has 6 heteroatoms. The number of ether oxygens (including phenoxy) is 2. The van der Waals surface area contributed by atoms with Gasteiger partial charge in [0.2, 0.25) is 0 Å². The predicted molar refractivity (Wildman–Crippen MR) is 82.3 cm³/mol. The molecule has 108 valence electrons. The number of halogens is 2. The Bertz CT molecular complexity index is 778. The quantitative estimate of drug-likeness (QED) is 0.771. The lowest BCUT2D eigenvalue weighted by Gasteiger charge is -2.08. The van der Waals surface area contributed by atoms with Crippen LogP contribution in [0.4, 0.5) is 4.39 Å². The van der Waals surface area contributed by atoms with Crippen molar-refractivity contribution >= 4 is 27.0 Å². The number of hydrogen-bond acceptors (Lipinski definition) is 3. The molecule has 21 heavy (non-hydrogen) atoms. The van der Waals surface area contributed by atoms with Crippen LogP contribution in [0.3, 0.4) is 0 Å². The van der Waals surface area contributed by atoms with Crippen LogP contribution in [0.25, 0.3) is 22.4 Å². The molecule has 3 rings (SSSR count). The van der Waals surface area contributed by atoms with Gasteiger partial charge in [-0.15, -0.1) is 0 Å². The highest BCUT2D eigenvalue weighted by Crippen LogP contribution is 2.33. The molecule has 0 fully saturated rings. The zero-order valence-electron chi connectivity index (χ0n) is 11.4. The van der Waals surface area contributed by atoms with E-state index in [2.05, 4.69) is 25.9 Å². The number of aromatic nitrogens is 2. The van der Waals surface area contributed by atoms with Gasteiger partial charge in [0.15, 0.2) is 0 Å². The van der Waals surface area contributed by atoms with E-state index in [1.807, 2.05) is 12.1 Å². The van der Waals surface area contributed by atoms with Crippen molar-refractivity contribution in [3.63, 3.8) is 0 Å². The van der Waals surface area contributed by atoms with Crippen LogP contribution >= 0.6 is 15.9 Å². The molecule has 0 aliphatic heterocycles. The van der Waals surface area contributed by atoms with Gasteiger partial charge in [0.05, 0.1) is 35.3 Å². The number of fused-ring (bicyclic) bond motifs is 1. The van der Waals surface area contributed by atoms with Gasteiger partial charge in [-0.3, -0.25) is 0 Å². The molecule has 0 bridgehead atoms. The van der Waals surface area contributed by atoms with Gasteiger partial charge in [-0.1, -0.05) is 0 Å². The van der Waals surface area contributed by atoms with Crippen molar-refractivity contribution in [2.45, 2.75) is 0 Å². The van der Waals surface area contributed by atoms with Gasteiger partial charge in [-0.05, 0) is 34.1 Å². The Kier molecular flexibility index (Phi) is 3.55. The van der Waals surface area contributed by atoms with E-state index in [4.69, 9.17) is 9.47 Å². The molecule has 0 unspecified atom stereocenters.